The minimum absolute atomic E-state index is 0.00449. The van der Waals surface area contributed by atoms with E-state index >= 15 is 0 Å². The van der Waals surface area contributed by atoms with Gasteiger partial charge in [0.05, 0.1) is 52.4 Å². The number of aliphatic hydroxyl groups excluding tert-OH is 2. The Balaban J connectivity index is 0.000000242. The molecule has 24 nitrogen and oxygen atoms in total. The molecule has 28 heteroatoms. The second-order valence-corrected chi connectivity index (χ2v) is 30.2. The number of ether oxygens (including phenoxy) is 10. The van der Waals surface area contributed by atoms with Crippen molar-refractivity contribution in [2.45, 2.75) is 106 Å². The van der Waals surface area contributed by atoms with E-state index in [1.807, 2.05) is 0 Å². The Hall–Kier alpha value is -10.4. The molecule has 532 valence electrons. The first kappa shape index (κ1) is 80.3. The number of sulfone groups is 4. The summed E-state index contributed by atoms with van der Waals surface area (Å²) in [4.78, 5) is 46.0. The van der Waals surface area contributed by atoms with E-state index in [1.54, 1.807) is 102 Å². The molecule has 0 unspecified atom stereocenters. The van der Waals surface area contributed by atoms with Crippen LogP contribution in [0.15, 0.2) is 259 Å². The lowest BCUT2D eigenvalue weighted by Crippen LogP contribution is -2.25. The molecule has 0 amide bonds. The first-order valence-corrected chi connectivity index (χ1v) is 36.0. The lowest BCUT2D eigenvalue weighted by Gasteiger charge is -2.18. The summed E-state index contributed by atoms with van der Waals surface area (Å²) in [5.41, 5.74) is -1.42. The summed E-state index contributed by atoms with van der Waals surface area (Å²) in [6, 6.07) is 46.3. The van der Waals surface area contributed by atoms with E-state index in [0.29, 0.717) is 36.2 Å². The molecule has 8 rings (SSSR count). The zero-order valence-electron chi connectivity index (χ0n) is 55.8. The normalized spacial score (nSPS) is 11.3. The van der Waals surface area contributed by atoms with Crippen molar-refractivity contribution < 1.29 is 110 Å². The standard InChI is InChI=1S/C22H26O8S.C18H18O4S.C16H14O6S.C16H18O6S/c1-21(2,3)29-19(23)27-15-7-11-17(12-8-15)31(25,26)18-13-9-16(10-14-18)28-20(24)30-22(4,5)6;1-3-13-21-15-5-9-17(10-6-15)23(19,20)18-11-7-16(8-12-18)22-14-4-2;1-11(17)21-13-3-7-15(8-4-13)23(19,20)16-9-5-14(6-10-16)22-12(2)18;17-9-11-21-13-1-5-15(6-2-13)23(19,20)16-7-3-14(4-8-16)22-12-10-18/h7-14H,1-6H3;3-12H,1-2,13-14H2;3-10H,1-2H3;1-8,17-18H,9-12H2. The van der Waals surface area contributed by atoms with Crippen LogP contribution >= 0.6 is 0 Å². The molecule has 0 fully saturated rings. The number of hydrogen-bond donors (Lipinski definition) is 2. The van der Waals surface area contributed by atoms with Crippen molar-refractivity contribution in [3.8, 4) is 46.0 Å². The summed E-state index contributed by atoms with van der Waals surface area (Å²) >= 11 is 0. The Morgan fingerprint density at radius 2 is 0.500 bits per heavy atom. The molecule has 0 aliphatic rings. The van der Waals surface area contributed by atoms with Crippen LogP contribution in [0.5, 0.6) is 46.0 Å². The molecule has 0 saturated heterocycles. The summed E-state index contributed by atoms with van der Waals surface area (Å²) in [6.45, 7) is 20.7. The number of esters is 2. The highest BCUT2D eigenvalue weighted by Crippen LogP contribution is 2.30. The van der Waals surface area contributed by atoms with Gasteiger partial charge in [0.1, 0.15) is 83.6 Å². The number of hydrogen-bond acceptors (Lipinski definition) is 24. The van der Waals surface area contributed by atoms with Crippen LogP contribution in [0, 0.1) is 0 Å². The molecule has 0 aliphatic carbocycles. The molecule has 0 atom stereocenters. The van der Waals surface area contributed by atoms with Crippen molar-refractivity contribution in [2.24, 2.45) is 0 Å². The fourth-order valence-electron chi connectivity index (χ4n) is 7.86. The van der Waals surface area contributed by atoms with Gasteiger partial charge in [0.15, 0.2) is 0 Å². The predicted molar refractivity (Wildman–Crippen MR) is 366 cm³/mol. The van der Waals surface area contributed by atoms with Gasteiger partial charge in [-0.3, -0.25) is 9.59 Å². The van der Waals surface area contributed by atoms with Crippen molar-refractivity contribution in [3.05, 3.63) is 219 Å². The van der Waals surface area contributed by atoms with Crippen LogP contribution in [0.1, 0.15) is 55.4 Å². The number of aliphatic hydroxyl groups is 2. The highest BCUT2D eigenvalue weighted by Gasteiger charge is 2.24. The van der Waals surface area contributed by atoms with Gasteiger partial charge in [-0.05, 0) is 236 Å². The number of benzene rings is 8. The van der Waals surface area contributed by atoms with E-state index in [-0.39, 0.29) is 88.6 Å². The van der Waals surface area contributed by atoms with Crippen LogP contribution in [0.25, 0.3) is 0 Å². The third kappa shape index (κ3) is 25.8. The van der Waals surface area contributed by atoms with Gasteiger partial charge < -0.3 is 57.6 Å². The largest absolute Gasteiger partial charge is 0.514 e. The molecule has 0 bridgehead atoms. The molecule has 0 saturated carbocycles. The van der Waals surface area contributed by atoms with Crippen molar-refractivity contribution in [3.63, 3.8) is 0 Å². The molecular formula is C72H76O24S4. The summed E-state index contributed by atoms with van der Waals surface area (Å²) < 4.78 is 152. The monoisotopic (exact) mass is 1450 g/mol. The van der Waals surface area contributed by atoms with Gasteiger partial charge in [0.2, 0.25) is 39.3 Å². The fraction of sp³-hybridized carbons (Fsp3) is 0.222. The third-order valence-corrected chi connectivity index (χ3v) is 19.4. The van der Waals surface area contributed by atoms with E-state index < -0.39 is 74.8 Å². The minimum Gasteiger partial charge on any atom is -0.491 e. The SMILES string of the molecule is C=CCOc1ccc(S(=O)(=O)c2ccc(OCC=C)cc2)cc1.CC(=O)Oc1ccc(S(=O)(=O)c2ccc(OC(C)=O)cc2)cc1.CC(C)(C)OC(=O)Oc1ccc(S(=O)(=O)c2ccc(OC(=O)OC(C)(C)C)cc2)cc1.O=S(=O)(c1ccc(OCCO)cc1)c1ccc(OCCO)cc1. The molecule has 2 N–H and O–H groups in total. The first-order valence-electron chi connectivity index (χ1n) is 30.0. The lowest BCUT2D eigenvalue weighted by molar-refractivity contribution is -0.132. The van der Waals surface area contributed by atoms with E-state index in [4.69, 9.17) is 57.6 Å². The minimum atomic E-state index is -3.83. The van der Waals surface area contributed by atoms with Gasteiger partial charge in [-0.15, -0.1) is 0 Å². The number of carbonyl (C=O) groups excluding carboxylic acids is 4. The predicted octanol–water partition coefficient (Wildman–Crippen LogP) is 12.4. The average molecular weight is 1450 g/mol. The maximum absolute atomic E-state index is 12.8. The molecule has 0 aromatic heterocycles. The third-order valence-electron chi connectivity index (χ3n) is 12.2. The molecule has 100 heavy (non-hydrogen) atoms. The van der Waals surface area contributed by atoms with Gasteiger partial charge in [-0.1, -0.05) is 25.3 Å². The summed E-state index contributed by atoms with van der Waals surface area (Å²) in [5, 5.41) is 17.4. The quantitative estimate of drug-likeness (QED) is 0.0246. The molecule has 0 spiro atoms. The Morgan fingerprint density at radius 3 is 0.670 bits per heavy atom. The molecule has 8 aromatic rings. The van der Waals surface area contributed by atoms with Gasteiger partial charge in [0.25, 0.3) is 0 Å². The van der Waals surface area contributed by atoms with Crippen LogP contribution in [-0.4, -0.2) is 119 Å². The number of carbonyl (C=O) groups is 4. The van der Waals surface area contributed by atoms with Crippen molar-refractivity contribution in [2.75, 3.05) is 39.6 Å². The van der Waals surface area contributed by atoms with E-state index in [0.717, 1.165) is 0 Å². The lowest BCUT2D eigenvalue weighted by atomic mass is 10.2. The van der Waals surface area contributed by atoms with E-state index in [9.17, 15) is 52.8 Å². The van der Waals surface area contributed by atoms with Crippen LogP contribution in [-0.2, 0) is 58.4 Å². The summed E-state index contributed by atoms with van der Waals surface area (Å²) in [7, 11) is -14.7. The highest BCUT2D eigenvalue weighted by atomic mass is 32.2. The van der Waals surface area contributed by atoms with Crippen LogP contribution in [0.2, 0.25) is 0 Å². The molecule has 0 aliphatic heterocycles. The molecule has 8 aromatic carbocycles. The maximum Gasteiger partial charge on any atom is 0.514 e. The Labute approximate surface area is 581 Å². The van der Waals surface area contributed by atoms with Gasteiger partial charge in [-0.2, -0.15) is 0 Å². The smallest absolute Gasteiger partial charge is 0.491 e. The van der Waals surface area contributed by atoms with Crippen LogP contribution in [0.4, 0.5) is 9.59 Å². The number of rotatable bonds is 24. The molecule has 0 heterocycles. The summed E-state index contributed by atoms with van der Waals surface area (Å²) in [6.07, 6.45) is 1.48. The van der Waals surface area contributed by atoms with Crippen LogP contribution in [0.3, 0.4) is 0 Å². The maximum atomic E-state index is 12.8. The van der Waals surface area contributed by atoms with Crippen LogP contribution < -0.4 is 37.9 Å². The zero-order valence-corrected chi connectivity index (χ0v) is 59.1. The zero-order chi connectivity index (χ0) is 73.9. The molecule has 0 radical (unpaired) electrons. The van der Waals surface area contributed by atoms with E-state index in [1.165, 1.54) is 159 Å². The summed E-state index contributed by atoms with van der Waals surface area (Å²) in [5.74, 6) is 2.03. The second-order valence-electron chi connectivity index (χ2n) is 22.4. The fourth-order valence-corrected chi connectivity index (χ4v) is 12.9. The topological polar surface area (TPSA) is 338 Å². The first-order chi connectivity index (χ1) is 47.1. The van der Waals surface area contributed by atoms with Gasteiger partial charge >= 0.3 is 24.2 Å². The van der Waals surface area contributed by atoms with Crippen molar-refractivity contribution >= 4 is 63.6 Å². The van der Waals surface area contributed by atoms with Gasteiger partial charge in [-0.25, -0.2) is 43.3 Å². The second kappa shape index (κ2) is 37.0. The van der Waals surface area contributed by atoms with E-state index in [2.05, 4.69) is 13.2 Å². The Morgan fingerprint density at radius 1 is 0.320 bits per heavy atom. The Kier molecular flexibility index (Phi) is 29.7. The van der Waals surface area contributed by atoms with Crippen molar-refractivity contribution in [1.29, 1.82) is 0 Å². The highest BCUT2D eigenvalue weighted by molar-refractivity contribution is 7.92. The Bertz CT molecular complexity index is 4210. The average Bonchev–Trinajstić information content (AvgIpc) is 0.823. The van der Waals surface area contributed by atoms with Crippen molar-refractivity contribution in [1.82, 2.24) is 0 Å². The van der Waals surface area contributed by atoms with Gasteiger partial charge in [0, 0.05) is 13.8 Å². The molecular weight excluding hydrogens is 1380 g/mol.